The summed E-state index contributed by atoms with van der Waals surface area (Å²) in [5, 5.41) is 6.22. The summed E-state index contributed by atoms with van der Waals surface area (Å²) in [6, 6.07) is 5.46. The Morgan fingerprint density at radius 1 is 1.41 bits per heavy atom. The molecule has 1 aliphatic heterocycles. The van der Waals surface area contributed by atoms with Crippen LogP contribution in [0.1, 0.15) is 36.0 Å². The Labute approximate surface area is 138 Å². The van der Waals surface area contributed by atoms with Crippen LogP contribution >= 0.6 is 15.9 Å². The first kappa shape index (κ1) is 17.0. The molecule has 6 heteroatoms. The molecule has 1 aromatic rings. The summed E-state index contributed by atoms with van der Waals surface area (Å²) in [4.78, 5) is 24.2. The zero-order valence-corrected chi connectivity index (χ0v) is 14.2. The van der Waals surface area contributed by atoms with Gasteiger partial charge in [-0.25, -0.2) is 0 Å². The van der Waals surface area contributed by atoms with Crippen molar-refractivity contribution in [3.8, 4) is 5.75 Å². The lowest BCUT2D eigenvalue weighted by Crippen LogP contribution is -2.45. The smallest absolute Gasteiger partial charge is 0.220 e. The van der Waals surface area contributed by atoms with Gasteiger partial charge in [0.25, 0.3) is 0 Å². The summed E-state index contributed by atoms with van der Waals surface area (Å²) in [5.41, 5.74) is 0.504. The van der Waals surface area contributed by atoms with Gasteiger partial charge in [0.1, 0.15) is 5.75 Å². The van der Waals surface area contributed by atoms with E-state index in [0.717, 1.165) is 30.4 Å². The number of hydrogen-bond donors (Lipinski definition) is 2. The second-order valence-corrected chi connectivity index (χ2v) is 6.29. The number of piperidine rings is 1. The van der Waals surface area contributed by atoms with E-state index in [1.807, 2.05) is 6.07 Å². The molecule has 0 aromatic heterocycles. The van der Waals surface area contributed by atoms with Gasteiger partial charge in [-0.05, 0) is 37.6 Å². The third-order valence-corrected chi connectivity index (χ3v) is 4.20. The number of halogens is 1. The van der Waals surface area contributed by atoms with Crippen molar-refractivity contribution in [1.29, 1.82) is 0 Å². The Morgan fingerprint density at radius 3 is 2.91 bits per heavy atom. The standard InChI is InChI=1S/C16H21BrN2O3/c1-22-15-6-4-11(17)9-13(15)14(20)5-7-16(21)19-12-3-2-8-18-10-12/h4,6,9,12,18H,2-3,5,7-8,10H2,1H3,(H,19,21). The van der Waals surface area contributed by atoms with E-state index >= 15 is 0 Å². The molecule has 120 valence electrons. The SMILES string of the molecule is COc1ccc(Br)cc1C(=O)CCC(=O)NC1CCCNC1. The van der Waals surface area contributed by atoms with E-state index in [1.165, 1.54) is 7.11 Å². The van der Waals surface area contributed by atoms with Gasteiger partial charge in [0.2, 0.25) is 5.91 Å². The number of benzene rings is 1. The fourth-order valence-electron chi connectivity index (χ4n) is 2.53. The summed E-state index contributed by atoms with van der Waals surface area (Å²) < 4.78 is 6.01. The second-order valence-electron chi connectivity index (χ2n) is 5.38. The average molecular weight is 369 g/mol. The molecular weight excluding hydrogens is 348 g/mol. The summed E-state index contributed by atoms with van der Waals surface area (Å²) in [5.74, 6) is 0.371. The number of carbonyl (C=O) groups is 2. The molecule has 1 unspecified atom stereocenters. The van der Waals surface area contributed by atoms with Crippen molar-refractivity contribution in [2.45, 2.75) is 31.7 Å². The number of rotatable bonds is 6. The molecule has 0 aliphatic carbocycles. The minimum absolute atomic E-state index is 0.0731. The molecule has 1 amide bonds. The van der Waals surface area contributed by atoms with Crippen LogP contribution in [0.15, 0.2) is 22.7 Å². The molecule has 0 saturated carbocycles. The van der Waals surface area contributed by atoms with Crippen molar-refractivity contribution in [3.05, 3.63) is 28.2 Å². The van der Waals surface area contributed by atoms with Gasteiger partial charge in [-0.3, -0.25) is 9.59 Å². The van der Waals surface area contributed by atoms with Gasteiger partial charge < -0.3 is 15.4 Å². The molecule has 2 N–H and O–H groups in total. The number of Topliss-reactive ketones (excluding diaryl/α,β-unsaturated/α-hetero) is 1. The summed E-state index contributed by atoms with van der Waals surface area (Å²) in [7, 11) is 1.53. The fourth-order valence-corrected chi connectivity index (χ4v) is 2.90. The second kappa shape index (κ2) is 8.29. The number of ether oxygens (including phenoxy) is 1. The Hall–Kier alpha value is -1.40. The van der Waals surface area contributed by atoms with Gasteiger partial charge in [0, 0.05) is 29.9 Å². The van der Waals surface area contributed by atoms with E-state index < -0.39 is 0 Å². The van der Waals surface area contributed by atoms with Crippen molar-refractivity contribution in [3.63, 3.8) is 0 Å². The van der Waals surface area contributed by atoms with Crippen molar-refractivity contribution < 1.29 is 14.3 Å². The van der Waals surface area contributed by atoms with Crippen molar-refractivity contribution >= 4 is 27.6 Å². The average Bonchev–Trinajstić information content (AvgIpc) is 2.53. The minimum Gasteiger partial charge on any atom is -0.496 e. The van der Waals surface area contributed by atoms with Crippen molar-refractivity contribution in [2.24, 2.45) is 0 Å². The van der Waals surface area contributed by atoms with Gasteiger partial charge in [-0.1, -0.05) is 15.9 Å². The fraction of sp³-hybridized carbons (Fsp3) is 0.500. The van der Waals surface area contributed by atoms with Crippen LogP contribution < -0.4 is 15.4 Å². The van der Waals surface area contributed by atoms with Crippen LogP contribution in [0.2, 0.25) is 0 Å². The number of carbonyl (C=O) groups excluding carboxylic acids is 2. The number of hydrogen-bond acceptors (Lipinski definition) is 4. The zero-order valence-electron chi connectivity index (χ0n) is 12.7. The zero-order chi connectivity index (χ0) is 15.9. The normalized spacial score (nSPS) is 17.8. The molecule has 2 rings (SSSR count). The molecule has 1 heterocycles. The maximum atomic E-state index is 12.3. The van der Waals surface area contributed by atoms with Crippen LogP contribution in [-0.4, -0.2) is 37.9 Å². The lowest BCUT2D eigenvalue weighted by molar-refractivity contribution is -0.121. The van der Waals surface area contributed by atoms with E-state index in [-0.39, 0.29) is 30.6 Å². The van der Waals surface area contributed by atoms with Crippen molar-refractivity contribution in [2.75, 3.05) is 20.2 Å². The van der Waals surface area contributed by atoms with Crippen LogP contribution in [0.5, 0.6) is 5.75 Å². The molecule has 0 radical (unpaired) electrons. The van der Waals surface area contributed by atoms with Gasteiger partial charge in [0.05, 0.1) is 12.7 Å². The third kappa shape index (κ3) is 4.81. The summed E-state index contributed by atoms with van der Waals surface area (Å²) >= 11 is 3.35. The molecule has 1 aromatic carbocycles. The molecule has 1 atom stereocenters. The van der Waals surface area contributed by atoms with E-state index in [1.54, 1.807) is 12.1 Å². The van der Waals surface area contributed by atoms with E-state index in [0.29, 0.717) is 11.3 Å². The lowest BCUT2D eigenvalue weighted by atomic mass is 10.0. The van der Waals surface area contributed by atoms with Gasteiger partial charge in [-0.15, -0.1) is 0 Å². The van der Waals surface area contributed by atoms with Gasteiger partial charge in [-0.2, -0.15) is 0 Å². The highest BCUT2D eigenvalue weighted by atomic mass is 79.9. The number of methoxy groups -OCH3 is 1. The Morgan fingerprint density at radius 2 is 2.23 bits per heavy atom. The monoisotopic (exact) mass is 368 g/mol. The Bertz CT molecular complexity index is 542. The highest BCUT2D eigenvalue weighted by Gasteiger charge is 2.18. The Balaban J connectivity index is 1.86. The maximum absolute atomic E-state index is 12.3. The predicted molar refractivity (Wildman–Crippen MR) is 88.3 cm³/mol. The minimum atomic E-state index is -0.0879. The van der Waals surface area contributed by atoms with Gasteiger partial charge in [0.15, 0.2) is 5.78 Å². The first-order valence-electron chi connectivity index (χ1n) is 7.47. The van der Waals surface area contributed by atoms with E-state index in [4.69, 9.17) is 4.74 Å². The molecular formula is C16H21BrN2O3. The Kier molecular flexibility index (Phi) is 6.39. The maximum Gasteiger partial charge on any atom is 0.220 e. The van der Waals surface area contributed by atoms with E-state index in [9.17, 15) is 9.59 Å². The van der Waals surface area contributed by atoms with Crippen LogP contribution in [0.4, 0.5) is 0 Å². The molecule has 1 saturated heterocycles. The number of amides is 1. The van der Waals surface area contributed by atoms with Crippen molar-refractivity contribution in [1.82, 2.24) is 10.6 Å². The predicted octanol–water partition coefficient (Wildman–Crippen LogP) is 2.29. The number of nitrogens with one attached hydrogen (secondary N) is 2. The van der Waals surface area contributed by atoms with Gasteiger partial charge >= 0.3 is 0 Å². The van der Waals surface area contributed by atoms with Crippen LogP contribution in [-0.2, 0) is 4.79 Å². The van der Waals surface area contributed by atoms with E-state index in [2.05, 4.69) is 26.6 Å². The lowest BCUT2D eigenvalue weighted by Gasteiger charge is -2.23. The summed E-state index contributed by atoms with van der Waals surface area (Å²) in [6.45, 7) is 1.81. The molecule has 0 bridgehead atoms. The molecule has 5 nitrogen and oxygen atoms in total. The van der Waals surface area contributed by atoms with Crippen LogP contribution in [0.25, 0.3) is 0 Å². The molecule has 1 fully saturated rings. The highest BCUT2D eigenvalue weighted by Crippen LogP contribution is 2.24. The first-order valence-corrected chi connectivity index (χ1v) is 8.26. The van der Waals surface area contributed by atoms with Crippen LogP contribution in [0.3, 0.4) is 0 Å². The molecule has 0 spiro atoms. The first-order chi connectivity index (χ1) is 10.6. The number of ketones is 1. The molecule has 22 heavy (non-hydrogen) atoms. The summed E-state index contributed by atoms with van der Waals surface area (Å²) in [6.07, 6.45) is 2.44. The third-order valence-electron chi connectivity index (χ3n) is 3.70. The quantitative estimate of drug-likeness (QED) is 0.756. The topological polar surface area (TPSA) is 67.4 Å². The highest BCUT2D eigenvalue weighted by molar-refractivity contribution is 9.10. The van der Waals surface area contributed by atoms with Crippen LogP contribution in [0, 0.1) is 0 Å². The molecule has 1 aliphatic rings. The largest absolute Gasteiger partial charge is 0.496 e.